The first-order chi connectivity index (χ1) is 15.6. The number of nitrogens with zero attached hydrogens (tertiary/aromatic N) is 1. The molecule has 0 saturated carbocycles. The van der Waals surface area contributed by atoms with Crippen molar-refractivity contribution in [1.29, 1.82) is 0 Å². The zero-order valence-electron chi connectivity index (χ0n) is 18.0. The molecule has 4 rings (SSSR count). The molecule has 0 aromatic heterocycles. The lowest BCUT2D eigenvalue weighted by Gasteiger charge is -2.24. The molecular formula is C26H26N2O3S. The molecule has 0 aliphatic carbocycles. The van der Waals surface area contributed by atoms with Gasteiger partial charge in [-0.05, 0) is 47.9 Å². The molecule has 1 saturated heterocycles. The molecule has 0 unspecified atom stereocenters. The second kappa shape index (κ2) is 10.4. The Hall–Kier alpha value is -3.25. The van der Waals surface area contributed by atoms with E-state index in [4.69, 9.17) is 4.74 Å². The van der Waals surface area contributed by atoms with E-state index >= 15 is 0 Å². The van der Waals surface area contributed by atoms with E-state index in [0.29, 0.717) is 31.0 Å². The van der Waals surface area contributed by atoms with Gasteiger partial charge in [-0.3, -0.25) is 9.59 Å². The van der Waals surface area contributed by atoms with Gasteiger partial charge in [0.2, 0.25) is 5.91 Å². The molecule has 1 heterocycles. The van der Waals surface area contributed by atoms with Crippen LogP contribution >= 0.6 is 11.8 Å². The smallest absolute Gasteiger partial charge is 0.251 e. The third-order valence-corrected chi connectivity index (χ3v) is 6.52. The highest BCUT2D eigenvalue weighted by Gasteiger charge is 2.32. The first kappa shape index (κ1) is 22.0. The minimum absolute atomic E-state index is 0.0393. The first-order valence-electron chi connectivity index (χ1n) is 10.6. The molecule has 1 aliphatic heterocycles. The maximum atomic E-state index is 12.5. The lowest BCUT2D eigenvalue weighted by Crippen LogP contribution is -2.28. The Morgan fingerprint density at radius 2 is 1.84 bits per heavy atom. The van der Waals surface area contributed by atoms with Crippen molar-refractivity contribution < 1.29 is 14.3 Å². The van der Waals surface area contributed by atoms with Gasteiger partial charge in [-0.1, -0.05) is 54.6 Å². The Morgan fingerprint density at radius 1 is 1.06 bits per heavy atom. The fourth-order valence-corrected chi connectivity index (χ4v) is 4.81. The normalized spacial score (nSPS) is 15.6. The van der Waals surface area contributed by atoms with Gasteiger partial charge in [0.25, 0.3) is 5.91 Å². The number of hydrogen-bond donors (Lipinski definition) is 1. The maximum absolute atomic E-state index is 12.5. The molecular weight excluding hydrogens is 420 g/mol. The molecule has 0 radical (unpaired) electrons. The molecule has 0 spiro atoms. The molecule has 1 atom stereocenters. The molecule has 32 heavy (non-hydrogen) atoms. The summed E-state index contributed by atoms with van der Waals surface area (Å²) in [6, 6.07) is 25.3. The highest BCUT2D eigenvalue weighted by Crippen LogP contribution is 2.39. The summed E-state index contributed by atoms with van der Waals surface area (Å²) in [5.41, 5.74) is 3.86. The third-order valence-electron chi connectivity index (χ3n) is 5.27. The summed E-state index contributed by atoms with van der Waals surface area (Å²) in [7, 11) is 0. The van der Waals surface area contributed by atoms with Gasteiger partial charge in [0.15, 0.2) is 0 Å². The van der Waals surface area contributed by atoms with E-state index in [2.05, 4.69) is 5.32 Å². The Morgan fingerprint density at radius 3 is 2.59 bits per heavy atom. The van der Waals surface area contributed by atoms with Crippen LogP contribution in [0.15, 0.2) is 78.9 Å². The fourth-order valence-electron chi connectivity index (χ4n) is 3.62. The number of rotatable bonds is 8. The maximum Gasteiger partial charge on any atom is 0.251 e. The molecule has 1 aliphatic rings. The van der Waals surface area contributed by atoms with Crippen LogP contribution in [0, 0.1) is 6.92 Å². The molecule has 3 aromatic rings. The Balaban J connectivity index is 1.31. The van der Waals surface area contributed by atoms with Crippen LogP contribution in [-0.4, -0.2) is 35.6 Å². The van der Waals surface area contributed by atoms with E-state index in [1.807, 2.05) is 90.7 Å². The van der Waals surface area contributed by atoms with E-state index in [-0.39, 0.29) is 17.2 Å². The lowest BCUT2D eigenvalue weighted by atomic mass is 10.1. The predicted octanol–water partition coefficient (Wildman–Crippen LogP) is 4.58. The Labute approximate surface area is 192 Å². The van der Waals surface area contributed by atoms with Crippen LogP contribution in [-0.2, 0) is 11.3 Å². The van der Waals surface area contributed by atoms with Crippen LogP contribution in [0.4, 0.5) is 0 Å². The van der Waals surface area contributed by atoms with Gasteiger partial charge in [-0.25, -0.2) is 0 Å². The lowest BCUT2D eigenvalue weighted by molar-refractivity contribution is -0.128. The number of nitrogens with one attached hydrogen (secondary N) is 1. The van der Waals surface area contributed by atoms with Crippen molar-refractivity contribution in [2.24, 2.45) is 0 Å². The zero-order chi connectivity index (χ0) is 22.3. The van der Waals surface area contributed by atoms with Crippen LogP contribution in [0.1, 0.15) is 32.4 Å². The van der Waals surface area contributed by atoms with Gasteiger partial charge in [0.1, 0.15) is 17.7 Å². The van der Waals surface area contributed by atoms with Crippen LogP contribution in [0.25, 0.3) is 0 Å². The van der Waals surface area contributed by atoms with E-state index in [1.165, 1.54) is 0 Å². The minimum Gasteiger partial charge on any atom is -0.492 e. The van der Waals surface area contributed by atoms with E-state index in [0.717, 1.165) is 22.4 Å². The first-order valence-corrected chi connectivity index (χ1v) is 11.7. The SMILES string of the molecule is Cc1cccc(OCCNC(=O)c2ccc([C@@H]3SCC(=O)N3Cc3ccccc3)cc2)c1. The number of thioether (sulfide) groups is 1. The van der Waals surface area contributed by atoms with Crippen molar-refractivity contribution >= 4 is 23.6 Å². The summed E-state index contributed by atoms with van der Waals surface area (Å²) in [5, 5.41) is 2.85. The monoisotopic (exact) mass is 446 g/mol. The second-order valence-electron chi connectivity index (χ2n) is 7.71. The highest BCUT2D eigenvalue weighted by atomic mass is 32.2. The second-order valence-corrected chi connectivity index (χ2v) is 8.78. The topological polar surface area (TPSA) is 58.6 Å². The van der Waals surface area contributed by atoms with Gasteiger partial charge in [0.05, 0.1) is 12.3 Å². The van der Waals surface area contributed by atoms with Gasteiger partial charge in [0, 0.05) is 12.1 Å². The predicted molar refractivity (Wildman–Crippen MR) is 128 cm³/mol. The number of amides is 2. The number of aryl methyl sites for hydroxylation is 1. The van der Waals surface area contributed by atoms with Crippen molar-refractivity contribution in [3.8, 4) is 5.75 Å². The number of hydrogen-bond acceptors (Lipinski definition) is 4. The quantitative estimate of drug-likeness (QED) is 0.515. The van der Waals surface area contributed by atoms with Crippen molar-refractivity contribution in [2.45, 2.75) is 18.8 Å². The average molecular weight is 447 g/mol. The van der Waals surface area contributed by atoms with Crippen LogP contribution in [0.5, 0.6) is 5.75 Å². The Kier molecular flexibility index (Phi) is 7.12. The molecule has 1 fully saturated rings. The molecule has 6 heteroatoms. The fraction of sp³-hybridized carbons (Fsp3) is 0.231. The van der Waals surface area contributed by atoms with Crippen LogP contribution < -0.4 is 10.1 Å². The molecule has 164 valence electrons. The van der Waals surface area contributed by atoms with Crippen LogP contribution in [0.2, 0.25) is 0 Å². The van der Waals surface area contributed by atoms with Crippen molar-refractivity contribution in [2.75, 3.05) is 18.9 Å². The molecule has 0 bridgehead atoms. The van der Waals surface area contributed by atoms with Crippen molar-refractivity contribution in [3.63, 3.8) is 0 Å². The van der Waals surface area contributed by atoms with Crippen molar-refractivity contribution in [1.82, 2.24) is 10.2 Å². The number of benzene rings is 3. The zero-order valence-corrected chi connectivity index (χ0v) is 18.8. The highest BCUT2D eigenvalue weighted by molar-refractivity contribution is 8.00. The molecule has 3 aromatic carbocycles. The summed E-state index contributed by atoms with van der Waals surface area (Å²) >= 11 is 1.62. The third kappa shape index (κ3) is 5.51. The van der Waals surface area contributed by atoms with Gasteiger partial charge < -0.3 is 15.0 Å². The standard InChI is InChI=1S/C26H26N2O3S/c1-19-6-5-9-23(16-19)31-15-14-27-25(30)21-10-12-22(13-11-21)26-28(24(29)18-32-26)17-20-7-3-2-4-8-20/h2-13,16,26H,14-15,17-18H2,1H3,(H,27,30)/t26-/m0/s1. The summed E-state index contributed by atoms with van der Waals surface area (Å²) in [4.78, 5) is 26.8. The largest absolute Gasteiger partial charge is 0.492 e. The molecule has 1 N–H and O–H groups in total. The van der Waals surface area contributed by atoms with Gasteiger partial charge in [-0.15, -0.1) is 11.8 Å². The van der Waals surface area contributed by atoms with Gasteiger partial charge in [-0.2, -0.15) is 0 Å². The number of carbonyl (C=O) groups is 2. The van der Waals surface area contributed by atoms with Crippen molar-refractivity contribution in [3.05, 3.63) is 101 Å². The number of ether oxygens (including phenoxy) is 1. The summed E-state index contributed by atoms with van der Waals surface area (Å²) in [6.07, 6.45) is 0. The summed E-state index contributed by atoms with van der Waals surface area (Å²) < 4.78 is 5.68. The number of carbonyl (C=O) groups excluding carboxylic acids is 2. The van der Waals surface area contributed by atoms with Crippen LogP contribution in [0.3, 0.4) is 0 Å². The Bertz CT molecular complexity index is 1070. The molecule has 2 amide bonds. The molecule has 5 nitrogen and oxygen atoms in total. The van der Waals surface area contributed by atoms with Gasteiger partial charge >= 0.3 is 0 Å². The average Bonchev–Trinajstić information content (AvgIpc) is 3.17. The van der Waals surface area contributed by atoms with E-state index < -0.39 is 0 Å². The summed E-state index contributed by atoms with van der Waals surface area (Å²) in [6.45, 7) is 3.43. The van der Waals surface area contributed by atoms with E-state index in [1.54, 1.807) is 11.8 Å². The van der Waals surface area contributed by atoms with E-state index in [9.17, 15) is 9.59 Å². The minimum atomic E-state index is -0.138. The summed E-state index contributed by atoms with van der Waals surface area (Å²) in [5.74, 6) is 1.27.